The zero-order valence-electron chi connectivity index (χ0n) is 22.8. The zero-order chi connectivity index (χ0) is 27.8. The van der Waals surface area contributed by atoms with Gasteiger partial charge >= 0.3 is 0 Å². The van der Waals surface area contributed by atoms with Crippen LogP contribution in [0.2, 0.25) is 0 Å². The molecule has 4 rings (SSSR count). The molecule has 0 saturated carbocycles. The summed E-state index contributed by atoms with van der Waals surface area (Å²) in [5.74, 6) is 0.177. The Labute approximate surface area is 237 Å². The maximum atomic E-state index is 13.1. The maximum Gasteiger partial charge on any atom is 0.169 e. The van der Waals surface area contributed by atoms with Crippen molar-refractivity contribution < 1.29 is 9.59 Å². The van der Waals surface area contributed by atoms with Crippen LogP contribution in [-0.2, 0) is 22.4 Å². The summed E-state index contributed by atoms with van der Waals surface area (Å²) >= 11 is 0. The van der Waals surface area contributed by atoms with Crippen molar-refractivity contribution in [3.05, 3.63) is 156 Å². The largest absolute Gasteiger partial charge is 0.390 e. The Kier molecular flexibility index (Phi) is 11.1. The van der Waals surface area contributed by atoms with Gasteiger partial charge in [-0.1, -0.05) is 121 Å². The fourth-order valence-corrected chi connectivity index (χ4v) is 4.44. The summed E-state index contributed by atoms with van der Waals surface area (Å²) in [5.41, 5.74) is 5.22. The van der Waals surface area contributed by atoms with Gasteiger partial charge in [-0.3, -0.25) is 9.59 Å². The minimum Gasteiger partial charge on any atom is -0.390 e. The molecular formula is C36H36N2O2. The van der Waals surface area contributed by atoms with Gasteiger partial charge < -0.3 is 10.6 Å². The first-order valence-corrected chi connectivity index (χ1v) is 13.8. The number of allylic oxidation sites excluding steroid dienone is 2. The number of unbranched alkanes of at least 4 members (excludes halogenated alkanes) is 1. The van der Waals surface area contributed by atoms with Crippen molar-refractivity contribution in [3.8, 4) is 0 Å². The molecule has 4 nitrogen and oxygen atoms in total. The predicted octanol–water partition coefficient (Wildman–Crippen LogP) is 6.65. The monoisotopic (exact) mass is 528 g/mol. The number of nitrogens with one attached hydrogen (secondary N) is 2. The van der Waals surface area contributed by atoms with E-state index in [1.807, 2.05) is 134 Å². The van der Waals surface area contributed by atoms with E-state index in [1.165, 1.54) is 0 Å². The van der Waals surface area contributed by atoms with Gasteiger partial charge in [0.1, 0.15) is 0 Å². The summed E-state index contributed by atoms with van der Waals surface area (Å²) in [6.45, 7) is 1.50. The molecule has 4 aromatic carbocycles. The van der Waals surface area contributed by atoms with Gasteiger partial charge in [-0.25, -0.2) is 0 Å². The van der Waals surface area contributed by atoms with E-state index in [1.54, 1.807) is 0 Å². The Morgan fingerprint density at radius 2 is 0.800 bits per heavy atom. The van der Waals surface area contributed by atoms with E-state index in [0.717, 1.165) is 48.2 Å². The average Bonchev–Trinajstić information content (AvgIpc) is 3.00. The lowest BCUT2D eigenvalue weighted by Gasteiger charge is -2.10. The molecule has 0 amide bonds. The van der Waals surface area contributed by atoms with Crippen molar-refractivity contribution in [1.82, 2.24) is 10.6 Å². The van der Waals surface area contributed by atoms with Crippen molar-refractivity contribution in [1.29, 1.82) is 0 Å². The third kappa shape index (κ3) is 8.95. The minimum absolute atomic E-state index is 0.0883. The van der Waals surface area contributed by atoms with E-state index in [-0.39, 0.29) is 11.6 Å². The molecule has 0 aromatic heterocycles. The zero-order valence-corrected chi connectivity index (χ0v) is 22.8. The van der Waals surface area contributed by atoms with Crippen LogP contribution in [0.3, 0.4) is 0 Å². The van der Waals surface area contributed by atoms with E-state index in [0.29, 0.717) is 24.0 Å². The van der Waals surface area contributed by atoms with Crippen LogP contribution < -0.4 is 10.6 Å². The van der Waals surface area contributed by atoms with Gasteiger partial charge in [-0.15, -0.1) is 0 Å². The van der Waals surface area contributed by atoms with Crippen molar-refractivity contribution in [2.24, 2.45) is 0 Å². The molecular weight excluding hydrogens is 492 g/mol. The third-order valence-corrected chi connectivity index (χ3v) is 6.57. The molecule has 0 saturated heterocycles. The van der Waals surface area contributed by atoms with E-state index in [2.05, 4.69) is 10.6 Å². The summed E-state index contributed by atoms with van der Waals surface area (Å²) in [5, 5.41) is 6.68. The highest BCUT2D eigenvalue weighted by molar-refractivity contribution is 6.21. The number of carbonyl (C=O) groups excluding carboxylic acids is 2. The molecule has 2 N–H and O–H groups in total. The highest BCUT2D eigenvalue weighted by atomic mass is 16.1. The Morgan fingerprint density at radius 3 is 1.15 bits per heavy atom. The van der Waals surface area contributed by atoms with E-state index >= 15 is 0 Å². The van der Waals surface area contributed by atoms with Crippen LogP contribution in [-0.4, -0.2) is 24.7 Å². The summed E-state index contributed by atoms with van der Waals surface area (Å²) in [6, 6.07) is 39.2. The minimum atomic E-state index is 0.0883. The first kappa shape index (κ1) is 28.3. The molecule has 0 bridgehead atoms. The Morgan fingerprint density at radius 1 is 0.475 bits per heavy atom. The van der Waals surface area contributed by atoms with Crippen LogP contribution in [0.15, 0.2) is 134 Å². The van der Waals surface area contributed by atoms with Gasteiger partial charge in [0.25, 0.3) is 0 Å². The van der Waals surface area contributed by atoms with E-state index in [9.17, 15) is 9.59 Å². The van der Waals surface area contributed by atoms with Crippen LogP contribution in [0.25, 0.3) is 11.1 Å². The number of rotatable bonds is 15. The molecule has 0 radical (unpaired) electrons. The van der Waals surface area contributed by atoms with Gasteiger partial charge in [-0.05, 0) is 35.1 Å². The standard InChI is InChI=1S/C36H36N2O2/c39-35(25-29-15-5-1-6-16-29)33(31-19-9-3-10-20-31)27-37-23-13-14-24-38-28-34(32-21-11-4-12-22-32)36(40)26-30-17-7-2-8-18-30/h1-12,15-22,27-28,37-38H,13-14,23-26H2/b33-27-,34-28-. The van der Waals surface area contributed by atoms with Crippen LogP contribution in [0.5, 0.6) is 0 Å². The van der Waals surface area contributed by atoms with Crippen LogP contribution >= 0.6 is 0 Å². The fraction of sp³-hybridized carbons (Fsp3) is 0.167. The molecule has 0 heterocycles. The average molecular weight is 529 g/mol. The normalized spacial score (nSPS) is 11.6. The second-order valence-electron chi connectivity index (χ2n) is 9.63. The molecule has 0 aliphatic rings. The molecule has 40 heavy (non-hydrogen) atoms. The molecule has 4 aromatic rings. The van der Waals surface area contributed by atoms with Gasteiger partial charge in [0.15, 0.2) is 11.6 Å². The fourth-order valence-electron chi connectivity index (χ4n) is 4.44. The highest BCUT2D eigenvalue weighted by Crippen LogP contribution is 2.18. The summed E-state index contributed by atoms with van der Waals surface area (Å²) in [7, 11) is 0. The number of Topliss-reactive ketones (excluding diaryl/α,β-unsaturated/α-hetero) is 2. The Hall–Kier alpha value is -4.70. The summed E-state index contributed by atoms with van der Waals surface area (Å²) in [4.78, 5) is 26.2. The van der Waals surface area contributed by atoms with Gasteiger partial charge in [0.2, 0.25) is 0 Å². The lowest BCUT2D eigenvalue weighted by Crippen LogP contribution is -2.16. The topological polar surface area (TPSA) is 58.2 Å². The van der Waals surface area contributed by atoms with Crippen LogP contribution in [0.1, 0.15) is 35.1 Å². The molecule has 202 valence electrons. The maximum absolute atomic E-state index is 13.1. The van der Waals surface area contributed by atoms with E-state index in [4.69, 9.17) is 0 Å². The SMILES string of the molecule is O=C(Cc1ccccc1)/C(=C\NCCCCN/C=C(\C(=O)Cc1ccccc1)c1ccccc1)c1ccccc1. The van der Waals surface area contributed by atoms with Gasteiger partial charge in [0, 0.05) is 49.5 Å². The molecule has 0 unspecified atom stereocenters. The lowest BCUT2D eigenvalue weighted by atomic mass is 9.98. The molecule has 0 fully saturated rings. The van der Waals surface area contributed by atoms with E-state index < -0.39 is 0 Å². The molecule has 4 heteroatoms. The first-order valence-electron chi connectivity index (χ1n) is 13.8. The Balaban J connectivity index is 1.29. The number of carbonyl (C=O) groups is 2. The molecule has 0 aliphatic carbocycles. The van der Waals surface area contributed by atoms with Crippen LogP contribution in [0, 0.1) is 0 Å². The van der Waals surface area contributed by atoms with Crippen molar-refractivity contribution in [3.63, 3.8) is 0 Å². The summed E-state index contributed by atoms with van der Waals surface area (Å²) in [6.07, 6.45) is 6.28. The number of benzene rings is 4. The number of hydrogen-bond acceptors (Lipinski definition) is 4. The summed E-state index contributed by atoms with van der Waals surface area (Å²) < 4.78 is 0. The molecule has 0 aliphatic heterocycles. The van der Waals surface area contributed by atoms with Crippen LogP contribution in [0.4, 0.5) is 0 Å². The molecule has 0 atom stereocenters. The van der Waals surface area contributed by atoms with Gasteiger partial charge in [0.05, 0.1) is 0 Å². The number of ketones is 2. The van der Waals surface area contributed by atoms with Crippen molar-refractivity contribution in [2.45, 2.75) is 25.7 Å². The lowest BCUT2D eigenvalue weighted by molar-refractivity contribution is -0.114. The van der Waals surface area contributed by atoms with Crippen molar-refractivity contribution in [2.75, 3.05) is 13.1 Å². The highest BCUT2D eigenvalue weighted by Gasteiger charge is 2.13. The quantitative estimate of drug-likeness (QED) is 0.134. The first-order chi connectivity index (χ1) is 19.7. The smallest absolute Gasteiger partial charge is 0.169 e. The predicted molar refractivity (Wildman–Crippen MR) is 164 cm³/mol. The van der Waals surface area contributed by atoms with Crippen molar-refractivity contribution >= 4 is 22.7 Å². The molecule has 0 spiro atoms. The third-order valence-electron chi connectivity index (χ3n) is 6.57. The second-order valence-corrected chi connectivity index (χ2v) is 9.63. The van der Waals surface area contributed by atoms with Gasteiger partial charge in [-0.2, -0.15) is 0 Å². The Bertz CT molecular complexity index is 1290. The second kappa shape index (κ2) is 15.6. The number of hydrogen-bond donors (Lipinski definition) is 2.